The quantitative estimate of drug-likeness (QED) is 0.524. The SMILES string of the molecule is Cc1nc(C)c(C(=O)N2CCC(c3nc(C(=O)N(C)C(C)c4ccccc4)cs3)CC2)s1. The van der Waals surface area contributed by atoms with Crippen LogP contribution in [-0.4, -0.2) is 51.7 Å². The fraction of sp³-hybridized carbons (Fsp3) is 0.417. The molecule has 0 bridgehead atoms. The maximum Gasteiger partial charge on any atom is 0.273 e. The summed E-state index contributed by atoms with van der Waals surface area (Å²) in [6, 6.07) is 9.99. The van der Waals surface area contributed by atoms with Crippen molar-refractivity contribution in [3.63, 3.8) is 0 Å². The van der Waals surface area contributed by atoms with Gasteiger partial charge in [0, 0.05) is 31.4 Å². The Balaban J connectivity index is 1.37. The smallest absolute Gasteiger partial charge is 0.273 e. The number of rotatable bonds is 5. The summed E-state index contributed by atoms with van der Waals surface area (Å²) in [4.78, 5) is 39.3. The third kappa shape index (κ3) is 4.61. The Bertz CT molecular complexity index is 1100. The minimum atomic E-state index is -0.0625. The minimum absolute atomic E-state index is 0.0260. The van der Waals surface area contributed by atoms with E-state index in [1.165, 1.54) is 11.3 Å². The number of aryl methyl sites for hydroxylation is 2. The molecule has 168 valence electrons. The summed E-state index contributed by atoms with van der Waals surface area (Å²) in [7, 11) is 1.83. The van der Waals surface area contributed by atoms with Gasteiger partial charge in [-0.3, -0.25) is 9.59 Å². The first-order valence-electron chi connectivity index (χ1n) is 10.9. The number of aromatic nitrogens is 2. The van der Waals surface area contributed by atoms with Gasteiger partial charge in [-0.25, -0.2) is 9.97 Å². The van der Waals surface area contributed by atoms with Crippen LogP contribution in [0.5, 0.6) is 0 Å². The largest absolute Gasteiger partial charge is 0.338 e. The summed E-state index contributed by atoms with van der Waals surface area (Å²) in [5.41, 5.74) is 2.42. The molecule has 1 fully saturated rings. The number of hydrogen-bond acceptors (Lipinski definition) is 6. The summed E-state index contributed by atoms with van der Waals surface area (Å²) in [5, 5.41) is 3.78. The second-order valence-electron chi connectivity index (χ2n) is 8.29. The molecule has 0 saturated carbocycles. The molecule has 6 nitrogen and oxygen atoms in total. The van der Waals surface area contributed by atoms with Gasteiger partial charge in [-0.2, -0.15) is 0 Å². The highest BCUT2D eigenvalue weighted by atomic mass is 32.1. The first-order valence-corrected chi connectivity index (χ1v) is 12.6. The molecule has 1 aliphatic heterocycles. The Morgan fingerprint density at radius 3 is 2.44 bits per heavy atom. The van der Waals surface area contributed by atoms with Crippen molar-refractivity contribution in [1.29, 1.82) is 0 Å². The Labute approximate surface area is 196 Å². The number of benzene rings is 1. The van der Waals surface area contributed by atoms with Gasteiger partial charge in [0.2, 0.25) is 0 Å². The van der Waals surface area contributed by atoms with Crippen molar-refractivity contribution >= 4 is 34.5 Å². The number of hydrogen-bond donors (Lipinski definition) is 0. The molecule has 0 aliphatic carbocycles. The normalized spacial score (nSPS) is 15.6. The molecule has 0 radical (unpaired) electrons. The van der Waals surface area contributed by atoms with E-state index >= 15 is 0 Å². The Morgan fingerprint density at radius 2 is 1.81 bits per heavy atom. The van der Waals surface area contributed by atoms with E-state index in [4.69, 9.17) is 4.98 Å². The molecule has 1 atom stereocenters. The van der Waals surface area contributed by atoms with E-state index in [0.29, 0.717) is 18.8 Å². The highest BCUT2D eigenvalue weighted by Gasteiger charge is 2.29. The van der Waals surface area contributed by atoms with Gasteiger partial charge >= 0.3 is 0 Å². The Kier molecular flexibility index (Phi) is 6.71. The summed E-state index contributed by atoms with van der Waals surface area (Å²) in [6.07, 6.45) is 1.72. The lowest BCUT2D eigenvalue weighted by molar-refractivity contribution is 0.0716. The van der Waals surface area contributed by atoms with Crippen molar-refractivity contribution < 1.29 is 9.59 Å². The van der Waals surface area contributed by atoms with E-state index in [0.717, 1.165) is 39.0 Å². The number of carbonyl (C=O) groups is 2. The van der Waals surface area contributed by atoms with E-state index in [-0.39, 0.29) is 23.8 Å². The molecular formula is C24H28N4O2S2. The maximum absolute atomic E-state index is 13.0. The average Bonchev–Trinajstić information content (AvgIpc) is 3.44. The van der Waals surface area contributed by atoms with Gasteiger partial charge in [0.05, 0.1) is 21.8 Å². The van der Waals surface area contributed by atoms with Gasteiger partial charge in [-0.05, 0) is 39.2 Å². The number of likely N-dealkylation sites (tertiary alicyclic amines) is 1. The standard InChI is InChI=1S/C24H28N4O2S2/c1-15-21(32-17(3)25-15)24(30)28-12-10-19(11-13-28)22-26-20(14-31-22)23(29)27(4)16(2)18-8-6-5-7-9-18/h5-9,14,16,19H,10-13H2,1-4H3. The minimum Gasteiger partial charge on any atom is -0.338 e. The molecule has 32 heavy (non-hydrogen) atoms. The van der Waals surface area contributed by atoms with Crippen LogP contribution >= 0.6 is 22.7 Å². The number of amides is 2. The summed E-state index contributed by atoms with van der Waals surface area (Å²) < 4.78 is 0. The van der Waals surface area contributed by atoms with Crippen molar-refractivity contribution in [3.8, 4) is 0 Å². The van der Waals surface area contributed by atoms with Crippen molar-refractivity contribution in [3.05, 3.63) is 67.6 Å². The number of piperidine rings is 1. The molecule has 3 heterocycles. The van der Waals surface area contributed by atoms with Crippen LogP contribution < -0.4 is 0 Å². The molecule has 2 aromatic heterocycles. The van der Waals surface area contributed by atoms with Gasteiger partial charge in [0.25, 0.3) is 11.8 Å². The third-order valence-corrected chi connectivity index (χ3v) is 8.22. The van der Waals surface area contributed by atoms with Crippen LogP contribution in [0.15, 0.2) is 35.7 Å². The molecule has 4 rings (SSSR count). The Morgan fingerprint density at radius 1 is 1.12 bits per heavy atom. The number of nitrogens with zero attached hydrogens (tertiary/aromatic N) is 4. The molecule has 8 heteroatoms. The van der Waals surface area contributed by atoms with E-state index in [9.17, 15) is 9.59 Å². The molecule has 2 amide bonds. The van der Waals surface area contributed by atoms with Crippen LogP contribution in [0.1, 0.15) is 73.2 Å². The van der Waals surface area contributed by atoms with Gasteiger partial charge in [0.1, 0.15) is 10.6 Å². The second-order valence-corrected chi connectivity index (χ2v) is 10.4. The number of carbonyl (C=O) groups excluding carboxylic acids is 2. The third-order valence-electron chi connectivity index (χ3n) is 6.15. The lowest BCUT2D eigenvalue weighted by atomic mass is 9.97. The topological polar surface area (TPSA) is 66.4 Å². The molecule has 0 N–H and O–H groups in total. The van der Waals surface area contributed by atoms with Crippen LogP contribution in [0.2, 0.25) is 0 Å². The fourth-order valence-electron chi connectivity index (χ4n) is 4.09. The average molecular weight is 469 g/mol. The number of thiazole rings is 2. The molecule has 1 aliphatic rings. The molecule has 1 aromatic carbocycles. The Hall–Kier alpha value is -2.58. The molecule has 1 unspecified atom stereocenters. The van der Waals surface area contributed by atoms with E-state index < -0.39 is 0 Å². The predicted octanol–water partition coefficient (Wildman–Crippen LogP) is 5.07. The summed E-state index contributed by atoms with van der Waals surface area (Å²) in [6.45, 7) is 7.26. The molecule has 1 saturated heterocycles. The lowest BCUT2D eigenvalue weighted by Crippen LogP contribution is -2.37. The van der Waals surface area contributed by atoms with Crippen molar-refractivity contribution in [2.75, 3.05) is 20.1 Å². The molecular weight excluding hydrogens is 440 g/mol. The van der Waals surface area contributed by atoms with Crippen LogP contribution in [0.25, 0.3) is 0 Å². The van der Waals surface area contributed by atoms with Gasteiger partial charge in [0.15, 0.2) is 0 Å². The van der Waals surface area contributed by atoms with E-state index in [2.05, 4.69) is 4.98 Å². The first-order chi connectivity index (χ1) is 15.3. The van der Waals surface area contributed by atoms with Crippen LogP contribution in [0.3, 0.4) is 0 Å². The first kappa shape index (κ1) is 22.6. The lowest BCUT2D eigenvalue weighted by Gasteiger charge is -2.31. The summed E-state index contributed by atoms with van der Waals surface area (Å²) in [5.74, 6) is 0.303. The zero-order valence-corrected chi connectivity index (χ0v) is 20.5. The van der Waals surface area contributed by atoms with E-state index in [1.807, 2.05) is 68.4 Å². The van der Waals surface area contributed by atoms with E-state index in [1.54, 1.807) is 16.2 Å². The van der Waals surface area contributed by atoms with Crippen molar-refractivity contribution in [2.24, 2.45) is 0 Å². The van der Waals surface area contributed by atoms with Crippen LogP contribution in [-0.2, 0) is 0 Å². The monoisotopic (exact) mass is 468 g/mol. The van der Waals surface area contributed by atoms with Crippen molar-refractivity contribution in [2.45, 2.75) is 45.6 Å². The van der Waals surface area contributed by atoms with Gasteiger partial charge in [-0.15, -0.1) is 22.7 Å². The zero-order valence-electron chi connectivity index (χ0n) is 18.9. The highest BCUT2D eigenvalue weighted by Crippen LogP contribution is 2.32. The van der Waals surface area contributed by atoms with Crippen molar-refractivity contribution in [1.82, 2.24) is 19.8 Å². The molecule has 3 aromatic rings. The fourth-order valence-corrected chi connectivity index (χ4v) is 5.94. The van der Waals surface area contributed by atoms with Crippen LogP contribution in [0, 0.1) is 13.8 Å². The second kappa shape index (κ2) is 9.50. The van der Waals surface area contributed by atoms with Gasteiger partial charge in [-0.1, -0.05) is 30.3 Å². The highest BCUT2D eigenvalue weighted by molar-refractivity contribution is 7.13. The van der Waals surface area contributed by atoms with Gasteiger partial charge < -0.3 is 9.80 Å². The molecule has 0 spiro atoms. The maximum atomic E-state index is 13.0. The predicted molar refractivity (Wildman–Crippen MR) is 129 cm³/mol. The summed E-state index contributed by atoms with van der Waals surface area (Å²) >= 11 is 3.02. The van der Waals surface area contributed by atoms with Crippen LogP contribution in [0.4, 0.5) is 0 Å². The zero-order chi connectivity index (χ0) is 22.8.